The minimum absolute atomic E-state index is 0.0752. The summed E-state index contributed by atoms with van der Waals surface area (Å²) in [5.74, 6) is -0.376. The third-order valence-corrected chi connectivity index (χ3v) is 6.58. The SMILES string of the molecule is CCOC(=O)/C(C)=C/[C@H](C(C)C)N(C)C(=O)[C@H](CC(C)C)NC(=O)C(CC)(CC)NC(C)CC. The molecule has 0 aliphatic carbocycles. The van der Waals surface area contributed by atoms with Gasteiger partial charge in [-0.05, 0) is 58.3 Å². The number of carbonyl (C=O) groups excluding carboxylic acids is 3. The highest BCUT2D eigenvalue weighted by Crippen LogP contribution is 2.21. The number of carbonyl (C=O) groups is 3. The maximum atomic E-state index is 13.7. The normalized spacial score (nSPS) is 15.1. The number of hydrogen-bond donors (Lipinski definition) is 2. The Hall–Kier alpha value is -1.89. The fourth-order valence-corrected chi connectivity index (χ4v) is 4.12. The predicted octanol–water partition coefficient (Wildman–Crippen LogP) is 4.46. The van der Waals surface area contributed by atoms with E-state index in [1.165, 1.54) is 0 Å². The number of amides is 2. The summed E-state index contributed by atoms with van der Waals surface area (Å²) in [6, 6.07) is -0.760. The van der Waals surface area contributed by atoms with Gasteiger partial charge >= 0.3 is 5.97 Å². The van der Waals surface area contributed by atoms with Crippen LogP contribution in [0.4, 0.5) is 0 Å². The van der Waals surface area contributed by atoms with Crippen molar-refractivity contribution in [1.82, 2.24) is 15.5 Å². The molecule has 0 heterocycles. The number of rotatable bonds is 15. The Labute approximate surface area is 208 Å². The van der Waals surface area contributed by atoms with Gasteiger partial charge in [0.05, 0.1) is 18.2 Å². The monoisotopic (exact) mass is 481 g/mol. The van der Waals surface area contributed by atoms with E-state index in [1.54, 1.807) is 31.9 Å². The Morgan fingerprint density at radius 1 is 1.00 bits per heavy atom. The van der Waals surface area contributed by atoms with Crippen molar-refractivity contribution < 1.29 is 19.1 Å². The molecule has 2 amide bonds. The summed E-state index contributed by atoms with van der Waals surface area (Å²) in [7, 11) is 1.74. The lowest BCUT2D eigenvalue weighted by molar-refractivity contribution is -0.140. The summed E-state index contributed by atoms with van der Waals surface area (Å²) in [6.45, 7) is 20.0. The van der Waals surface area contributed by atoms with Gasteiger partial charge in [0.2, 0.25) is 11.8 Å². The molecule has 0 aromatic heterocycles. The third-order valence-electron chi connectivity index (χ3n) is 6.58. The second-order valence-electron chi connectivity index (χ2n) is 10.2. The average molecular weight is 482 g/mol. The van der Waals surface area contributed by atoms with Crippen molar-refractivity contribution >= 4 is 17.8 Å². The zero-order valence-electron chi connectivity index (χ0n) is 23.6. The smallest absolute Gasteiger partial charge is 0.333 e. The molecule has 2 N–H and O–H groups in total. The molecule has 0 fully saturated rings. The van der Waals surface area contributed by atoms with Gasteiger partial charge < -0.3 is 20.3 Å². The largest absolute Gasteiger partial charge is 0.463 e. The second-order valence-corrected chi connectivity index (χ2v) is 10.2. The molecule has 0 aliphatic rings. The van der Waals surface area contributed by atoms with E-state index in [4.69, 9.17) is 4.74 Å². The first kappa shape index (κ1) is 32.1. The highest BCUT2D eigenvalue weighted by molar-refractivity contribution is 5.92. The zero-order chi connectivity index (χ0) is 26.6. The number of nitrogens with zero attached hydrogens (tertiary/aromatic N) is 1. The van der Waals surface area contributed by atoms with Crippen LogP contribution in [-0.2, 0) is 19.1 Å². The maximum Gasteiger partial charge on any atom is 0.333 e. The van der Waals surface area contributed by atoms with Crippen molar-refractivity contribution in [2.75, 3.05) is 13.7 Å². The Balaban J connectivity index is 5.97. The average Bonchev–Trinajstić information content (AvgIpc) is 2.78. The Morgan fingerprint density at radius 3 is 1.97 bits per heavy atom. The Bertz CT molecular complexity index is 683. The fraction of sp³-hybridized carbons (Fsp3) is 0.815. The molecule has 0 aromatic carbocycles. The number of nitrogens with one attached hydrogen (secondary N) is 2. The maximum absolute atomic E-state index is 13.7. The lowest BCUT2D eigenvalue weighted by Crippen LogP contribution is -2.62. The molecule has 0 rings (SSSR count). The fourth-order valence-electron chi connectivity index (χ4n) is 4.12. The van der Waals surface area contributed by atoms with Crippen LogP contribution in [0.1, 0.15) is 94.9 Å². The van der Waals surface area contributed by atoms with Crippen molar-refractivity contribution in [3.05, 3.63) is 11.6 Å². The molecule has 0 aliphatic heterocycles. The van der Waals surface area contributed by atoms with E-state index in [2.05, 4.69) is 24.5 Å². The van der Waals surface area contributed by atoms with Gasteiger partial charge in [-0.1, -0.05) is 54.5 Å². The molecule has 0 radical (unpaired) electrons. The highest BCUT2D eigenvalue weighted by atomic mass is 16.5. The van der Waals surface area contributed by atoms with Gasteiger partial charge in [-0.2, -0.15) is 0 Å². The molecule has 0 aromatic rings. The van der Waals surface area contributed by atoms with Gasteiger partial charge in [0.15, 0.2) is 0 Å². The molecule has 34 heavy (non-hydrogen) atoms. The van der Waals surface area contributed by atoms with Crippen LogP contribution in [0.15, 0.2) is 11.6 Å². The molecule has 0 saturated carbocycles. The van der Waals surface area contributed by atoms with Gasteiger partial charge in [0.25, 0.3) is 0 Å². The van der Waals surface area contributed by atoms with Crippen LogP contribution in [0.2, 0.25) is 0 Å². The standard InChI is InChI=1S/C27H51N3O4/c1-12-21(10)29-27(13-2,14-3)26(33)28-22(16-18(5)6)24(31)30(11)23(19(7)8)17-20(9)25(32)34-15-4/h17-19,21-23,29H,12-16H2,1-11H3,(H,28,33)/b20-17+/t21?,22-,23+/m0/s1. The molecule has 7 nitrogen and oxygen atoms in total. The van der Waals surface area contributed by atoms with E-state index in [1.807, 2.05) is 41.5 Å². The molecule has 0 bridgehead atoms. The van der Waals surface area contributed by atoms with Crippen LogP contribution in [0.25, 0.3) is 0 Å². The summed E-state index contributed by atoms with van der Waals surface area (Å²) in [5, 5.41) is 6.59. The first-order valence-electron chi connectivity index (χ1n) is 13.0. The summed E-state index contributed by atoms with van der Waals surface area (Å²) < 4.78 is 5.11. The van der Waals surface area contributed by atoms with Crippen LogP contribution in [-0.4, -0.2) is 60.0 Å². The molecule has 1 unspecified atom stereocenters. The van der Waals surface area contributed by atoms with E-state index >= 15 is 0 Å². The van der Waals surface area contributed by atoms with Gasteiger partial charge in [0.1, 0.15) is 6.04 Å². The van der Waals surface area contributed by atoms with Crippen molar-refractivity contribution in [2.45, 2.75) is 119 Å². The van der Waals surface area contributed by atoms with Crippen LogP contribution >= 0.6 is 0 Å². The zero-order valence-corrected chi connectivity index (χ0v) is 23.6. The third kappa shape index (κ3) is 9.40. The van der Waals surface area contributed by atoms with E-state index in [0.29, 0.717) is 31.4 Å². The van der Waals surface area contributed by atoms with Crippen LogP contribution in [0, 0.1) is 11.8 Å². The predicted molar refractivity (Wildman–Crippen MR) is 139 cm³/mol. The Kier molecular flexibility index (Phi) is 14.3. The van der Waals surface area contributed by atoms with Crippen LogP contribution < -0.4 is 10.6 Å². The molecule has 7 heteroatoms. The van der Waals surface area contributed by atoms with Gasteiger partial charge in [-0.3, -0.25) is 9.59 Å². The number of ether oxygens (including phenoxy) is 1. The quantitative estimate of drug-likeness (QED) is 0.266. The van der Waals surface area contributed by atoms with Crippen molar-refractivity contribution in [2.24, 2.45) is 11.8 Å². The first-order chi connectivity index (χ1) is 15.8. The minimum Gasteiger partial charge on any atom is -0.463 e. The number of likely N-dealkylation sites (N-methyl/N-ethyl adjacent to an activating group) is 1. The summed E-state index contributed by atoms with van der Waals surface area (Å²) >= 11 is 0. The molecule has 0 spiro atoms. The van der Waals surface area contributed by atoms with Crippen LogP contribution in [0.3, 0.4) is 0 Å². The molecular formula is C27H51N3O4. The molecule has 198 valence electrons. The number of esters is 1. The number of hydrogen-bond acceptors (Lipinski definition) is 5. The summed E-state index contributed by atoms with van der Waals surface area (Å²) in [6.07, 6.45) is 4.51. The van der Waals surface area contributed by atoms with Crippen molar-refractivity contribution in [1.29, 1.82) is 0 Å². The first-order valence-corrected chi connectivity index (χ1v) is 13.0. The van der Waals surface area contributed by atoms with Crippen LogP contribution in [0.5, 0.6) is 0 Å². The summed E-state index contributed by atoms with van der Waals surface area (Å²) in [5.41, 5.74) is -0.250. The van der Waals surface area contributed by atoms with E-state index in [0.717, 1.165) is 6.42 Å². The highest BCUT2D eigenvalue weighted by Gasteiger charge is 2.39. The molecule has 0 saturated heterocycles. The van der Waals surface area contributed by atoms with Gasteiger partial charge in [-0.15, -0.1) is 0 Å². The Morgan fingerprint density at radius 2 is 1.56 bits per heavy atom. The second kappa shape index (κ2) is 15.2. The summed E-state index contributed by atoms with van der Waals surface area (Å²) in [4.78, 5) is 41.0. The molecule has 3 atom stereocenters. The van der Waals surface area contributed by atoms with E-state index in [9.17, 15) is 14.4 Å². The topological polar surface area (TPSA) is 87.7 Å². The molecular weight excluding hydrogens is 430 g/mol. The van der Waals surface area contributed by atoms with E-state index in [-0.39, 0.29) is 41.7 Å². The van der Waals surface area contributed by atoms with Gasteiger partial charge in [0, 0.05) is 18.7 Å². The van der Waals surface area contributed by atoms with Crippen molar-refractivity contribution in [3.63, 3.8) is 0 Å². The lowest BCUT2D eigenvalue weighted by Gasteiger charge is -2.37. The lowest BCUT2D eigenvalue weighted by atomic mass is 9.89. The van der Waals surface area contributed by atoms with Gasteiger partial charge in [-0.25, -0.2) is 4.79 Å². The minimum atomic E-state index is -0.721. The van der Waals surface area contributed by atoms with Crippen molar-refractivity contribution in [3.8, 4) is 0 Å². The van der Waals surface area contributed by atoms with E-state index < -0.39 is 11.6 Å².